The zero-order chi connectivity index (χ0) is 12.2. The van der Waals surface area contributed by atoms with Crippen molar-refractivity contribution in [2.75, 3.05) is 7.11 Å². The Morgan fingerprint density at radius 1 is 1.38 bits per heavy atom. The lowest BCUT2D eigenvalue weighted by molar-refractivity contribution is 0.402. The molecule has 0 atom stereocenters. The standard InChI is InChI=1S/C11H15ClO3S/c1-3-4-6-9-7-5-8-10(15-2)11(9)16(12,13)14/h5,7-8H,3-4,6H2,1-2H3. The van der Waals surface area contributed by atoms with E-state index in [9.17, 15) is 8.42 Å². The number of aryl methyl sites for hydroxylation is 1. The van der Waals surface area contributed by atoms with Crippen LogP contribution in [0.25, 0.3) is 0 Å². The second-order valence-corrected chi connectivity index (χ2v) is 5.99. The molecule has 0 aliphatic rings. The summed E-state index contributed by atoms with van der Waals surface area (Å²) < 4.78 is 28.0. The van der Waals surface area contributed by atoms with Gasteiger partial charge in [0.15, 0.2) is 0 Å². The van der Waals surface area contributed by atoms with Crippen LogP contribution in [-0.4, -0.2) is 15.5 Å². The van der Waals surface area contributed by atoms with Crippen LogP contribution in [0.15, 0.2) is 23.1 Å². The molecule has 1 aromatic carbocycles. The van der Waals surface area contributed by atoms with Crippen LogP contribution in [0.5, 0.6) is 5.75 Å². The fourth-order valence-electron chi connectivity index (χ4n) is 1.56. The first-order valence-corrected chi connectivity index (χ1v) is 7.42. The highest BCUT2D eigenvalue weighted by Gasteiger charge is 2.20. The molecule has 0 aliphatic heterocycles. The van der Waals surface area contributed by atoms with Crippen LogP contribution in [0.1, 0.15) is 25.3 Å². The smallest absolute Gasteiger partial charge is 0.265 e. The highest BCUT2D eigenvalue weighted by atomic mass is 35.7. The summed E-state index contributed by atoms with van der Waals surface area (Å²) >= 11 is 0. The topological polar surface area (TPSA) is 43.4 Å². The van der Waals surface area contributed by atoms with E-state index >= 15 is 0 Å². The number of halogens is 1. The Hall–Kier alpha value is -0.740. The van der Waals surface area contributed by atoms with Crippen molar-refractivity contribution in [3.8, 4) is 5.75 Å². The monoisotopic (exact) mass is 262 g/mol. The van der Waals surface area contributed by atoms with E-state index in [4.69, 9.17) is 15.4 Å². The first-order chi connectivity index (χ1) is 7.50. The van der Waals surface area contributed by atoms with Gasteiger partial charge in [0.2, 0.25) is 0 Å². The number of methoxy groups -OCH3 is 1. The Kier molecular flexibility index (Phi) is 4.62. The van der Waals surface area contributed by atoms with Crippen molar-refractivity contribution in [2.24, 2.45) is 0 Å². The normalized spacial score (nSPS) is 11.4. The molecule has 0 saturated heterocycles. The molecule has 16 heavy (non-hydrogen) atoms. The van der Waals surface area contributed by atoms with Gasteiger partial charge in [0, 0.05) is 10.7 Å². The number of ether oxygens (including phenoxy) is 1. The number of hydrogen-bond donors (Lipinski definition) is 0. The third-order valence-corrected chi connectivity index (χ3v) is 3.74. The summed E-state index contributed by atoms with van der Waals surface area (Å²) in [6.07, 6.45) is 2.61. The molecule has 0 amide bonds. The van der Waals surface area contributed by atoms with Crippen molar-refractivity contribution in [2.45, 2.75) is 31.1 Å². The fourth-order valence-corrected chi connectivity index (χ4v) is 2.96. The summed E-state index contributed by atoms with van der Waals surface area (Å²) in [5.74, 6) is 0.309. The minimum absolute atomic E-state index is 0.104. The Morgan fingerprint density at radius 2 is 2.06 bits per heavy atom. The minimum Gasteiger partial charge on any atom is -0.495 e. The molecule has 5 heteroatoms. The molecule has 0 heterocycles. The van der Waals surface area contributed by atoms with Crippen LogP contribution >= 0.6 is 10.7 Å². The molecule has 1 rings (SSSR count). The summed E-state index contributed by atoms with van der Waals surface area (Å²) in [6.45, 7) is 2.05. The van der Waals surface area contributed by atoms with Gasteiger partial charge in [-0.1, -0.05) is 25.5 Å². The van der Waals surface area contributed by atoms with Gasteiger partial charge in [0.25, 0.3) is 9.05 Å². The Bertz CT molecular complexity index is 454. The van der Waals surface area contributed by atoms with E-state index in [-0.39, 0.29) is 4.90 Å². The molecule has 0 aromatic heterocycles. The summed E-state index contributed by atoms with van der Waals surface area (Å²) in [7, 11) is 3.09. The quantitative estimate of drug-likeness (QED) is 0.767. The lowest BCUT2D eigenvalue weighted by Gasteiger charge is -2.10. The second kappa shape index (κ2) is 5.55. The first-order valence-electron chi connectivity index (χ1n) is 5.11. The van der Waals surface area contributed by atoms with Gasteiger partial charge in [-0.25, -0.2) is 8.42 Å². The molecule has 90 valence electrons. The zero-order valence-electron chi connectivity index (χ0n) is 9.36. The van der Waals surface area contributed by atoms with Gasteiger partial charge in [-0.05, 0) is 24.5 Å². The molecule has 0 N–H and O–H groups in total. The van der Waals surface area contributed by atoms with Gasteiger partial charge in [-0.3, -0.25) is 0 Å². The van der Waals surface area contributed by atoms with E-state index in [1.807, 2.05) is 0 Å². The maximum atomic E-state index is 11.5. The van der Waals surface area contributed by atoms with Crippen molar-refractivity contribution < 1.29 is 13.2 Å². The van der Waals surface area contributed by atoms with Crippen molar-refractivity contribution in [1.29, 1.82) is 0 Å². The van der Waals surface area contributed by atoms with Crippen LogP contribution in [0.4, 0.5) is 0 Å². The number of rotatable bonds is 5. The van der Waals surface area contributed by atoms with E-state index in [0.717, 1.165) is 18.4 Å². The van der Waals surface area contributed by atoms with Gasteiger partial charge in [-0.15, -0.1) is 0 Å². The highest BCUT2D eigenvalue weighted by Crippen LogP contribution is 2.31. The molecule has 0 bridgehead atoms. The predicted molar refractivity (Wildman–Crippen MR) is 64.6 cm³/mol. The Morgan fingerprint density at radius 3 is 2.56 bits per heavy atom. The van der Waals surface area contributed by atoms with Crippen LogP contribution in [0.3, 0.4) is 0 Å². The average Bonchev–Trinajstić information content (AvgIpc) is 2.24. The minimum atomic E-state index is -3.76. The lowest BCUT2D eigenvalue weighted by Crippen LogP contribution is -2.01. The fraction of sp³-hybridized carbons (Fsp3) is 0.455. The zero-order valence-corrected chi connectivity index (χ0v) is 10.9. The van der Waals surface area contributed by atoms with Gasteiger partial charge < -0.3 is 4.74 Å². The van der Waals surface area contributed by atoms with Gasteiger partial charge in [-0.2, -0.15) is 0 Å². The summed E-state index contributed by atoms with van der Waals surface area (Å²) in [5.41, 5.74) is 0.719. The maximum absolute atomic E-state index is 11.5. The molecule has 0 aliphatic carbocycles. The molecule has 0 unspecified atom stereocenters. The summed E-state index contributed by atoms with van der Waals surface area (Å²) in [5, 5.41) is 0. The molecule has 3 nitrogen and oxygen atoms in total. The maximum Gasteiger partial charge on any atom is 0.265 e. The van der Waals surface area contributed by atoms with E-state index in [2.05, 4.69) is 6.92 Å². The average molecular weight is 263 g/mol. The molecule has 0 radical (unpaired) electrons. The second-order valence-electron chi connectivity index (χ2n) is 3.49. The largest absolute Gasteiger partial charge is 0.495 e. The molecule has 0 spiro atoms. The van der Waals surface area contributed by atoms with Crippen molar-refractivity contribution >= 4 is 19.7 Å². The van der Waals surface area contributed by atoms with E-state index < -0.39 is 9.05 Å². The van der Waals surface area contributed by atoms with Gasteiger partial charge >= 0.3 is 0 Å². The summed E-state index contributed by atoms with van der Waals surface area (Å²) in [6, 6.07) is 5.15. The first kappa shape index (κ1) is 13.3. The Labute approximate surface area is 101 Å². The number of unbranched alkanes of at least 4 members (excludes halogenated alkanes) is 1. The van der Waals surface area contributed by atoms with E-state index in [0.29, 0.717) is 12.2 Å². The van der Waals surface area contributed by atoms with Crippen LogP contribution < -0.4 is 4.74 Å². The van der Waals surface area contributed by atoms with Crippen LogP contribution in [0.2, 0.25) is 0 Å². The Balaban J connectivity index is 3.27. The molecular weight excluding hydrogens is 248 g/mol. The third kappa shape index (κ3) is 3.12. The SMILES string of the molecule is CCCCc1cccc(OC)c1S(=O)(=O)Cl. The summed E-state index contributed by atoms with van der Waals surface area (Å²) in [4.78, 5) is 0.104. The lowest BCUT2D eigenvalue weighted by atomic mass is 10.1. The van der Waals surface area contributed by atoms with E-state index in [1.165, 1.54) is 7.11 Å². The molecule has 0 fully saturated rings. The van der Waals surface area contributed by atoms with E-state index in [1.54, 1.807) is 18.2 Å². The number of hydrogen-bond acceptors (Lipinski definition) is 3. The van der Waals surface area contributed by atoms with Crippen molar-refractivity contribution in [3.05, 3.63) is 23.8 Å². The van der Waals surface area contributed by atoms with Crippen molar-refractivity contribution in [1.82, 2.24) is 0 Å². The molecule has 1 aromatic rings. The van der Waals surface area contributed by atoms with Gasteiger partial charge in [0.05, 0.1) is 7.11 Å². The van der Waals surface area contributed by atoms with Gasteiger partial charge in [0.1, 0.15) is 10.6 Å². The van der Waals surface area contributed by atoms with Crippen LogP contribution in [-0.2, 0) is 15.5 Å². The predicted octanol–water partition coefficient (Wildman–Crippen LogP) is 2.97. The molecule has 0 saturated carbocycles. The number of benzene rings is 1. The third-order valence-electron chi connectivity index (χ3n) is 2.32. The van der Waals surface area contributed by atoms with Crippen molar-refractivity contribution in [3.63, 3.8) is 0 Å². The highest BCUT2D eigenvalue weighted by molar-refractivity contribution is 8.13. The van der Waals surface area contributed by atoms with Crippen LogP contribution in [0, 0.1) is 0 Å². The molecular formula is C11H15ClO3S.